The third kappa shape index (κ3) is 5.66. The first-order valence-corrected chi connectivity index (χ1v) is 5.75. The normalized spacial score (nSPS) is 14.1. The third-order valence-corrected chi connectivity index (χ3v) is 2.84. The Bertz CT molecular complexity index is 141. The lowest BCUT2D eigenvalue weighted by molar-refractivity contribution is 0.280. The van der Waals surface area contributed by atoms with Crippen molar-refractivity contribution < 1.29 is 10.0 Å². The molecule has 2 N–H and O–H groups in total. The molecule has 0 aromatic heterocycles. The maximum absolute atomic E-state index is 9.26. The van der Waals surface area contributed by atoms with Gasteiger partial charge in [0.25, 0.3) is 0 Å². The van der Waals surface area contributed by atoms with Gasteiger partial charge in [-0.25, -0.2) is 0 Å². The molecule has 0 saturated heterocycles. The summed E-state index contributed by atoms with van der Waals surface area (Å²) in [7, 11) is -1.17. The molecule has 0 amide bonds. The van der Waals surface area contributed by atoms with Gasteiger partial charge in [-0.3, -0.25) is 0 Å². The molecule has 0 aliphatic rings. The van der Waals surface area contributed by atoms with Crippen LogP contribution in [0.25, 0.3) is 0 Å². The largest absolute Gasteiger partial charge is 0.455 e. The van der Waals surface area contributed by atoms with Crippen molar-refractivity contribution in [3.05, 3.63) is 0 Å². The number of rotatable bonds is 6. The summed E-state index contributed by atoms with van der Waals surface area (Å²) in [5.74, 6) is -0.000596. The monoisotopic (exact) mass is 200 g/mol. The first-order valence-electron chi connectivity index (χ1n) is 5.75. The maximum Gasteiger partial charge on any atom is 0.455 e. The molecule has 0 spiro atoms. The van der Waals surface area contributed by atoms with Crippen molar-refractivity contribution in [1.82, 2.24) is 0 Å². The molecule has 0 aromatic rings. The molecule has 0 aliphatic carbocycles. The van der Waals surface area contributed by atoms with Gasteiger partial charge in [-0.2, -0.15) is 0 Å². The molecule has 0 radical (unpaired) electrons. The quantitative estimate of drug-likeness (QED) is 0.511. The summed E-state index contributed by atoms with van der Waals surface area (Å²) in [4.78, 5) is 0. The second kappa shape index (κ2) is 6.47. The summed E-state index contributed by atoms with van der Waals surface area (Å²) < 4.78 is 0. The standard InChI is InChI=1S/C11H25BO2/c1-5-6-7-8-9-10(12(13)14)11(2,3)4/h10,13-14H,5-9H2,1-4H3. The predicted octanol–water partition coefficient (Wildman–Crippen LogP) is 2.85. The van der Waals surface area contributed by atoms with E-state index in [1.165, 1.54) is 19.3 Å². The molecule has 0 saturated carbocycles. The molecule has 0 rings (SSSR count). The highest BCUT2D eigenvalue weighted by Gasteiger charge is 2.33. The lowest BCUT2D eigenvalue weighted by Gasteiger charge is -2.30. The van der Waals surface area contributed by atoms with Gasteiger partial charge in [0.2, 0.25) is 0 Å². The summed E-state index contributed by atoms with van der Waals surface area (Å²) in [5, 5.41) is 18.5. The van der Waals surface area contributed by atoms with Gasteiger partial charge in [-0.1, -0.05) is 59.8 Å². The van der Waals surface area contributed by atoms with E-state index in [4.69, 9.17) is 0 Å². The molecule has 0 aromatic carbocycles. The Morgan fingerprint density at radius 1 is 1.07 bits per heavy atom. The average molecular weight is 200 g/mol. The summed E-state index contributed by atoms with van der Waals surface area (Å²) in [5.41, 5.74) is -0.0135. The summed E-state index contributed by atoms with van der Waals surface area (Å²) in [6.45, 7) is 8.38. The minimum Gasteiger partial charge on any atom is -0.427 e. The molecular weight excluding hydrogens is 175 g/mol. The van der Waals surface area contributed by atoms with Crippen LogP contribution in [0.15, 0.2) is 0 Å². The average Bonchev–Trinajstić information content (AvgIpc) is 2.01. The maximum atomic E-state index is 9.26. The van der Waals surface area contributed by atoms with Crippen molar-refractivity contribution in [2.45, 2.75) is 65.6 Å². The Kier molecular flexibility index (Phi) is 6.46. The van der Waals surface area contributed by atoms with E-state index < -0.39 is 7.12 Å². The Hall–Kier alpha value is -0.0151. The van der Waals surface area contributed by atoms with Crippen molar-refractivity contribution in [2.75, 3.05) is 0 Å². The Morgan fingerprint density at radius 2 is 1.64 bits per heavy atom. The number of hydrogen-bond donors (Lipinski definition) is 2. The first-order chi connectivity index (χ1) is 6.39. The van der Waals surface area contributed by atoms with E-state index in [0.717, 1.165) is 12.8 Å². The molecule has 1 atom stereocenters. The Morgan fingerprint density at radius 3 is 2.00 bits per heavy atom. The predicted molar refractivity (Wildman–Crippen MR) is 62.2 cm³/mol. The van der Waals surface area contributed by atoms with Gasteiger partial charge in [-0.15, -0.1) is 0 Å². The molecule has 0 heterocycles. The van der Waals surface area contributed by atoms with Crippen molar-refractivity contribution in [2.24, 2.45) is 5.41 Å². The van der Waals surface area contributed by atoms with Crippen LogP contribution in [-0.2, 0) is 0 Å². The topological polar surface area (TPSA) is 40.5 Å². The minimum atomic E-state index is -1.17. The molecule has 84 valence electrons. The fourth-order valence-corrected chi connectivity index (χ4v) is 1.82. The van der Waals surface area contributed by atoms with E-state index in [1.807, 2.05) is 0 Å². The van der Waals surface area contributed by atoms with Gasteiger partial charge < -0.3 is 10.0 Å². The van der Waals surface area contributed by atoms with Crippen LogP contribution >= 0.6 is 0 Å². The Balaban J connectivity index is 3.87. The molecule has 3 heteroatoms. The summed E-state index contributed by atoms with van der Waals surface area (Å²) >= 11 is 0. The molecule has 0 fully saturated rings. The van der Waals surface area contributed by atoms with E-state index in [0.29, 0.717) is 0 Å². The van der Waals surface area contributed by atoms with Crippen molar-refractivity contribution >= 4 is 7.12 Å². The van der Waals surface area contributed by atoms with Gasteiger partial charge in [0.15, 0.2) is 0 Å². The lowest BCUT2D eigenvalue weighted by Crippen LogP contribution is -2.30. The van der Waals surface area contributed by atoms with Crippen LogP contribution in [0, 0.1) is 5.41 Å². The second-order valence-corrected chi connectivity index (χ2v) is 5.24. The molecule has 14 heavy (non-hydrogen) atoms. The van der Waals surface area contributed by atoms with E-state index >= 15 is 0 Å². The first kappa shape index (κ1) is 14.0. The van der Waals surface area contributed by atoms with Gasteiger partial charge in [0.1, 0.15) is 0 Å². The van der Waals surface area contributed by atoms with Crippen LogP contribution in [0.2, 0.25) is 5.82 Å². The van der Waals surface area contributed by atoms with Crippen LogP contribution in [0.4, 0.5) is 0 Å². The zero-order chi connectivity index (χ0) is 11.2. The number of hydrogen-bond acceptors (Lipinski definition) is 2. The van der Waals surface area contributed by atoms with Crippen molar-refractivity contribution in [3.8, 4) is 0 Å². The fourth-order valence-electron chi connectivity index (χ4n) is 1.82. The van der Waals surface area contributed by atoms with Gasteiger partial charge in [0.05, 0.1) is 0 Å². The van der Waals surface area contributed by atoms with E-state index in [2.05, 4.69) is 27.7 Å². The highest BCUT2D eigenvalue weighted by molar-refractivity contribution is 6.43. The van der Waals surface area contributed by atoms with Gasteiger partial charge >= 0.3 is 7.12 Å². The highest BCUT2D eigenvalue weighted by atomic mass is 16.4. The number of unbranched alkanes of at least 4 members (excludes halogenated alkanes) is 3. The van der Waals surface area contributed by atoms with Gasteiger partial charge in [0, 0.05) is 0 Å². The fraction of sp³-hybridized carbons (Fsp3) is 1.00. The van der Waals surface area contributed by atoms with Crippen LogP contribution in [0.5, 0.6) is 0 Å². The third-order valence-electron chi connectivity index (χ3n) is 2.84. The smallest absolute Gasteiger partial charge is 0.427 e. The lowest BCUT2D eigenvalue weighted by atomic mass is 9.58. The molecule has 2 nitrogen and oxygen atoms in total. The molecule has 1 unspecified atom stereocenters. The SMILES string of the molecule is CCCCCCC(B(O)O)C(C)(C)C. The van der Waals surface area contributed by atoms with E-state index in [9.17, 15) is 10.0 Å². The van der Waals surface area contributed by atoms with E-state index in [1.54, 1.807) is 0 Å². The highest BCUT2D eigenvalue weighted by Crippen LogP contribution is 2.36. The van der Waals surface area contributed by atoms with Crippen LogP contribution < -0.4 is 0 Å². The van der Waals surface area contributed by atoms with Crippen molar-refractivity contribution in [1.29, 1.82) is 0 Å². The molecule has 0 aliphatic heterocycles. The van der Waals surface area contributed by atoms with Crippen molar-refractivity contribution in [3.63, 3.8) is 0 Å². The van der Waals surface area contributed by atoms with E-state index in [-0.39, 0.29) is 11.2 Å². The van der Waals surface area contributed by atoms with Crippen LogP contribution in [0.1, 0.15) is 59.8 Å². The molecular formula is C11H25BO2. The van der Waals surface area contributed by atoms with Gasteiger partial charge in [-0.05, 0) is 11.2 Å². The molecule has 0 bridgehead atoms. The zero-order valence-corrected chi connectivity index (χ0v) is 10.1. The summed E-state index contributed by atoms with van der Waals surface area (Å²) in [6.07, 6.45) is 5.70. The second-order valence-electron chi connectivity index (χ2n) is 5.24. The summed E-state index contributed by atoms with van der Waals surface area (Å²) in [6, 6.07) is 0. The van der Waals surface area contributed by atoms with Crippen LogP contribution in [-0.4, -0.2) is 17.2 Å². The van der Waals surface area contributed by atoms with Crippen LogP contribution in [0.3, 0.4) is 0 Å². The zero-order valence-electron chi connectivity index (χ0n) is 10.1. The minimum absolute atomic E-state index is 0.000596. The Labute approximate surface area is 88.9 Å².